The quantitative estimate of drug-likeness (QED) is 0.681. The molecule has 0 bridgehead atoms. The molecule has 3 aromatic rings. The van der Waals surface area contributed by atoms with Gasteiger partial charge in [-0.1, -0.05) is 24.3 Å². The van der Waals surface area contributed by atoms with Crippen LogP contribution < -0.4 is 5.73 Å². The van der Waals surface area contributed by atoms with Gasteiger partial charge in [0.2, 0.25) is 0 Å². The number of hydrogen-bond acceptors (Lipinski definition) is 5. The zero-order valence-electron chi connectivity index (χ0n) is 15.8. The standard InChI is InChI=1S/C21H22FN3O2S/c1-14(2)28(26,27)18-9-7-16(8-10-18)20-13-24-21(23)19(25-20)11-6-15-4-3-5-17(22)12-15/h3-5,7-10,12-14H,6,11H2,1-2H3,(H2,23,24). The molecule has 2 aromatic carbocycles. The lowest BCUT2D eigenvalue weighted by Gasteiger charge is -2.10. The summed E-state index contributed by atoms with van der Waals surface area (Å²) in [5, 5.41) is -0.482. The van der Waals surface area contributed by atoms with E-state index < -0.39 is 15.1 Å². The number of rotatable bonds is 6. The lowest BCUT2D eigenvalue weighted by molar-refractivity contribution is 0.587. The second-order valence-electron chi connectivity index (χ2n) is 6.84. The van der Waals surface area contributed by atoms with Crippen molar-refractivity contribution >= 4 is 15.7 Å². The number of anilines is 1. The molecule has 0 spiro atoms. The van der Waals surface area contributed by atoms with E-state index in [2.05, 4.69) is 9.97 Å². The van der Waals surface area contributed by atoms with E-state index in [4.69, 9.17) is 5.73 Å². The molecule has 7 heteroatoms. The van der Waals surface area contributed by atoms with E-state index in [9.17, 15) is 12.8 Å². The van der Waals surface area contributed by atoms with Crippen molar-refractivity contribution in [3.63, 3.8) is 0 Å². The van der Waals surface area contributed by atoms with Crippen LogP contribution in [0.3, 0.4) is 0 Å². The average molecular weight is 399 g/mol. The van der Waals surface area contributed by atoms with Crippen molar-refractivity contribution in [2.24, 2.45) is 0 Å². The highest BCUT2D eigenvalue weighted by Crippen LogP contribution is 2.23. The maximum atomic E-state index is 13.3. The molecular formula is C21H22FN3O2S. The van der Waals surface area contributed by atoms with Gasteiger partial charge in [-0.2, -0.15) is 0 Å². The van der Waals surface area contributed by atoms with Crippen LogP contribution in [0.4, 0.5) is 10.2 Å². The van der Waals surface area contributed by atoms with E-state index in [0.717, 1.165) is 11.1 Å². The molecule has 0 amide bonds. The van der Waals surface area contributed by atoms with E-state index in [1.165, 1.54) is 12.1 Å². The summed E-state index contributed by atoms with van der Waals surface area (Å²) >= 11 is 0. The SMILES string of the molecule is CC(C)S(=O)(=O)c1ccc(-c2cnc(N)c(CCc3cccc(F)c3)n2)cc1. The van der Waals surface area contributed by atoms with Crippen molar-refractivity contribution in [2.75, 3.05) is 5.73 Å². The molecule has 1 aromatic heterocycles. The number of aromatic nitrogens is 2. The molecule has 0 radical (unpaired) electrons. The molecule has 0 fully saturated rings. The average Bonchev–Trinajstić information content (AvgIpc) is 2.67. The van der Waals surface area contributed by atoms with E-state index >= 15 is 0 Å². The molecule has 0 aliphatic carbocycles. The number of aryl methyl sites for hydroxylation is 2. The number of hydrogen-bond donors (Lipinski definition) is 1. The monoisotopic (exact) mass is 399 g/mol. The minimum Gasteiger partial charge on any atom is -0.382 e. The minimum absolute atomic E-state index is 0.276. The third-order valence-electron chi connectivity index (χ3n) is 4.52. The molecule has 146 valence electrons. The zero-order valence-corrected chi connectivity index (χ0v) is 16.6. The Morgan fingerprint density at radius 3 is 2.43 bits per heavy atom. The van der Waals surface area contributed by atoms with Gasteiger partial charge in [-0.25, -0.2) is 22.8 Å². The van der Waals surface area contributed by atoms with Gasteiger partial charge in [-0.05, 0) is 56.5 Å². The highest BCUT2D eigenvalue weighted by Gasteiger charge is 2.19. The number of nitrogen functional groups attached to an aromatic ring is 1. The van der Waals surface area contributed by atoms with Gasteiger partial charge in [-0.3, -0.25) is 0 Å². The van der Waals surface area contributed by atoms with Gasteiger partial charge < -0.3 is 5.73 Å². The van der Waals surface area contributed by atoms with Crippen LogP contribution in [0.25, 0.3) is 11.3 Å². The number of halogens is 1. The lowest BCUT2D eigenvalue weighted by Crippen LogP contribution is -2.13. The van der Waals surface area contributed by atoms with Crippen LogP contribution in [0.15, 0.2) is 59.6 Å². The van der Waals surface area contributed by atoms with Crippen LogP contribution in [-0.4, -0.2) is 23.6 Å². The first-order valence-corrected chi connectivity index (χ1v) is 10.5. The summed E-state index contributed by atoms with van der Waals surface area (Å²) in [5.41, 5.74) is 8.79. The number of nitrogens with zero attached hydrogens (tertiary/aromatic N) is 2. The van der Waals surface area contributed by atoms with Crippen LogP contribution in [0.2, 0.25) is 0 Å². The third-order valence-corrected chi connectivity index (χ3v) is 6.69. The van der Waals surface area contributed by atoms with E-state index in [0.29, 0.717) is 30.0 Å². The fourth-order valence-corrected chi connectivity index (χ4v) is 3.86. The van der Waals surface area contributed by atoms with Gasteiger partial charge in [-0.15, -0.1) is 0 Å². The molecule has 0 saturated carbocycles. The topological polar surface area (TPSA) is 85.9 Å². The molecule has 0 unspecified atom stereocenters. The van der Waals surface area contributed by atoms with Gasteiger partial charge in [0.05, 0.1) is 27.7 Å². The highest BCUT2D eigenvalue weighted by atomic mass is 32.2. The normalized spacial score (nSPS) is 11.7. The van der Waals surface area contributed by atoms with Crippen molar-refractivity contribution in [3.8, 4) is 11.3 Å². The zero-order chi connectivity index (χ0) is 20.3. The minimum atomic E-state index is -3.32. The molecule has 0 aliphatic rings. The maximum Gasteiger partial charge on any atom is 0.180 e. The molecule has 0 saturated heterocycles. The van der Waals surface area contributed by atoms with Gasteiger partial charge in [0.1, 0.15) is 11.6 Å². The molecule has 0 aliphatic heterocycles. The third kappa shape index (κ3) is 4.36. The summed E-state index contributed by atoms with van der Waals surface area (Å²) in [4.78, 5) is 9.06. The van der Waals surface area contributed by atoms with Gasteiger partial charge in [0, 0.05) is 5.56 Å². The Balaban J connectivity index is 1.83. The second kappa shape index (κ2) is 8.06. The Hall–Kier alpha value is -2.80. The first kappa shape index (κ1) is 19.9. The van der Waals surface area contributed by atoms with E-state index in [1.807, 2.05) is 6.07 Å². The van der Waals surface area contributed by atoms with Crippen molar-refractivity contribution in [2.45, 2.75) is 36.8 Å². The Bertz CT molecular complexity index is 1080. The second-order valence-corrected chi connectivity index (χ2v) is 9.34. The number of benzene rings is 2. The predicted molar refractivity (Wildman–Crippen MR) is 108 cm³/mol. The predicted octanol–water partition coefficient (Wildman–Crippen LogP) is 3.83. The summed E-state index contributed by atoms with van der Waals surface area (Å²) in [5.74, 6) is 0.0564. The molecular weight excluding hydrogens is 377 g/mol. The van der Waals surface area contributed by atoms with Crippen LogP contribution in [-0.2, 0) is 22.7 Å². The smallest absolute Gasteiger partial charge is 0.180 e. The fourth-order valence-electron chi connectivity index (χ4n) is 2.80. The lowest BCUT2D eigenvalue weighted by atomic mass is 10.1. The molecule has 3 rings (SSSR count). The summed E-state index contributed by atoms with van der Waals surface area (Å²) in [6.07, 6.45) is 2.68. The number of sulfone groups is 1. The fraction of sp³-hybridized carbons (Fsp3) is 0.238. The van der Waals surface area contributed by atoms with Crippen LogP contribution in [0.1, 0.15) is 25.1 Å². The van der Waals surface area contributed by atoms with Gasteiger partial charge in [0.25, 0.3) is 0 Å². The first-order chi connectivity index (χ1) is 13.3. The summed E-state index contributed by atoms with van der Waals surface area (Å²) in [6, 6.07) is 13.0. The Morgan fingerprint density at radius 2 is 1.79 bits per heavy atom. The summed E-state index contributed by atoms with van der Waals surface area (Å²) in [7, 11) is -3.32. The molecule has 2 N–H and O–H groups in total. The molecule has 5 nitrogen and oxygen atoms in total. The van der Waals surface area contributed by atoms with Crippen LogP contribution in [0, 0.1) is 5.82 Å². The van der Waals surface area contributed by atoms with Gasteiger partial charge in [0.15, 0.2) is 9.84 Å². The summed E-state index contributed by atoms with van der Waals surface area (Å²) < 4.78 is 37.8. The molecule has 28 heavy (non-hydrogen) atoms. The van der Waals surface area contributed by atoms with Gasteiger partial charge >= 0.3 is 0 Å². The van der Waals surface area contributed by atoms with E-state index in [1.54, 1.807) is 50.4 Å². The van der Waals surface area contributed by atoms with Crippen molar-refractivity contribution < 1.29 is 12.8 Å². The first-order valence-electron chi connectivity index (χ1n) is 8.97. The Morgan fingerprint density at radius 1 is 1.07 bits per heavy atom. The molecule has 1 heterocycles. The van der Waals surface area contributed by atoms with Crippen LogP contribution >= 0.6 is 0 Å². The van der Waals surface area contributed by atoms with Crippen LogP contribution in [0.5, 0.6) is 0 Å². The maximum absolute atomic E-state index is 13.3. The highest BCUT2D eigenvalue weighted by molar-refractivity contribution is 7.92. The Labute approximate surface area is 164 Å². The summed E-state index contributed by atoms with van der Waals surface area (Å²) in [6.45, 7) is 3.30. The number of nitrogens with two attached hydrogens (primary N) is 1. The van der Waals surface area contributed by atoms with E-state index in [-0.39, 0.29) is 10.7 Å². The molecule has 0 atom stereocenters. The Kier molecular flexibility index (Phi) is 5.74. The largest absolute Gasteiger partial charge is 0.382 e. The van der Waals surface area contributed by atoms with Crippen molar-refractivity contribution in [1.82, 2.24) is 9.97 Å². The van der Waals surface area contributed by atoms with Crippen molar-refractivity contribution in [3.05, 3.63) is 71.8 Å². The van der Waals surface area contributed by atoms with Crippen molar-refractivity contribution in [1.29, 1.82) is 0 Å².